The summed E-state index contributed by atoms with van der Waals surface area (Å²) < 4.78 is 5.56. The van der Waals surface area contributed by atoms with Gasteiger partial charge in [-0.2, -0.15) is 0 Å². The van der Waals surface area contributed by atoms with E-state index >= 15 is 0 Å². The molecule has 2 fully saturated rings. The predicted octanol–water partition coefficient (Wildman–Crippen LogP) is 2.91. The SMILES string of the molecule is CC(C)(C)OC(=O)N1CCCCC1C1(CCN)CC1. The van der Waals surface area contributed by atoms with Gasteiger partial charge in [0.1, 0.15) is 5.60 Å². The highest BCUT2D eigenvalue weighted by atomic mass is 16.6. The predicted molar refractivity (Wildman–Crippen MR) is 75.9 cm³/mol. The maximum atomic E-state index is 12.4. The highest BCUT2D eigenvalue weighted by Gasteiger charge is 2.52. The lowest BCUT2D eigenvalue weighted by Crippen LogP contribution is -2.50. The molecule has 4 nitrogen and oxygen atoms in total. The Kier molecular flexibility index (Phi) is 4.09. The Hall–Kier alpha value is -0.770. The summed E-state index contributed by atoms with van der Waals surface area (Å²) in [4.78, 5) is 14.4. The van der Waals surface area contributed by atoms with Crippen molar-refractivity contribution in [1.29, 1.82) is 0 Å². The van der Waals surface area contributed by atoms with Crippen LogP contribution in [-0.4, -0.2) is 35.7 Å². The van der Waals surface area contributed by atoms with Crippen molar-refractivity contribution in [2.75, 3.05) is 13.1 Å². The molecule has 0 aromatic carbocycles. The van der Waals surface area contributed by atoms with Crippen LogP contribution in [-0.2, 0) is 4.74 Å². The van der Waals surface area contributed by atoms with Crippen LogP contribution in [0.15, 0.2) is 0 Å². The summed E-state index contributed by atoms with van der Waals surface area (Å²) in [5.41, 5.74) is 5.63. The molecule has 0 spiro atoms. The second-order valence-corrected chi connectivity index (χ2v) is 7.09. The lowest BCUT2D eigenvalue weighted by molar-refractivity contribution is -0.00204. The molecule has 1 heterocycles. The normalized spacial score (nSPS) is 26.1. The lowest BCUT2D eigenvalue weighted by Gasteiger charge is -2.41. The van der Waals surface area contributed by atoms with Crippen LogP contribution in [0.25, 0.3) is 0 Å². The molecule has 19 heavy (non-hydrogen) atoms. The van der Waals surface area contributed by atoms with Crippen molar-refractivity contribution in [3.63, 3.8) is 0 Å². The van der Waals surface area contributed by atoms with Crippen molar-refractivity contribution in [2.45, 2.75) is 70.9 Å². The van der Waals surface area contributed by atoms with E-state index in [1.807, 2.05) is 25.7 Å². The largest absolute Gasteiger partial charge is 0.444 e. The number of likely N-dealkylation sites (tertiary alicyclic amines) is 1. The molecule has 4 heteroatoms. The highest BCUT2D eigenvalue weighted by Crippen LogP contribution is 2.55. The van der Waals surface area contributed by atoms with E-state index in [0.29, 0.717) is 11.5 Å². The summed E-state index contributed by atoms with van der Waals surface area (Å²) in [5.74, 6) is 0. The zero-order valence-corrected chi connectivity index (χ0v) is 12.6. The zero-order chi connectivity index (χ0) is 14.1. The molecular weight excluding hydrogens is 240 g/mol. The second-order valence-electron chi connectivity index (χ2n) is 7.09. The number of carbonyl (C=O) groups excluding carboxylic acids is 1. The van der Waals surface area contributed by atoms with E-state index in [-0.39, 0.29) is 6.09 Å². The number of hydrogen-bond donors (Lipinski definition) is 1. The molecule has 1 saturated carbocycles. The van der Waals surface area contributed by atoms with E-state index in [1.54, 1.807) is 0 Å². The summed E-state index contributed by atoms with van der Waals surface area (Å²) >= 11 is 0. The number of amides is 1. The van der Waals surface area contributed by atoms with Gasteiger partial charge >= 0.3 is 6.09 Å². The molecule has 0 aromatic heterocycles. The summed E-state index contributed by atoms with van der Waals surface area (Å²) in [6.07, 6.45) is 6.75. The van der Waals surface area contributed by atoms with Crippen molar-refractivity contribution in [2.24, 2.45) is 11.1 Å². The van der Waals surface area contributed by atoms with Crippen LogP contribution in [0.4, 0.5) is 4.79 Å². The van der Waals surface area contributed by atoms with E-state index in [2.05, 4.69) is 0 Å². The van der Waals surface area contributed by atoms with Gasteiger partial charge in [-0.25, -0.2) is 4.79 Å². The fraction of sp³-hybridized carbons (Fsp3) is 0.933. The summed E-state index contributed by atoms with van der Waals surface area (Å²) in [5, 5.41) is 0. The average Bonchev–Trinajstić information content (AvgIpc) is 3.08. The number of carbonyl (C=O) groups is 1. The first-order chi connectivity index (χ1) is 8.88. The van der Waals surface area contributed by atoms with E-state index in [0.717, 1.165) is 32.4 Å². The summed E-state index contributed by atoms with van der Waals surface area (Å²) in [7, 11) is 0. The lowest BCUT2D eigenvalue weighted by atomic mass is 9.85. The molecule has 1 unspecified atom stereocenters. The van der Waals surface area contributed by atoms with Crippen LogP contribution in [0.3, 0.4) is 0 Å². The number of ether oxygens (including phenoxy) is 1. The first kappa shape index (κ1) is 14.6. The van der Waals surface area contributed by atoms with Crippen molar-refractivity contribution in [1.82, 2.24) is 4.90 Å². The Morgan fingerprint density at radius 1 is 1.37 bits per heavy atom. The third kappa shape index (κ3) is 3.41. The van der Waals surface area contributed by atoms with E-state index in [4.69, 9.17) is 10.5 Å². The van der Waals surface area contributed by atoms with Crippen molar-refractivity contribution in [3.05, 3.63) is 0 Å². The average molecular weight is 268 g/mol. The topological polar surface area (TPSA) is 55.6 Å². The zero-order valence-electron chi connectivity index (χ0n) is 12.6. The minimum absolute atomic E-state index is 0.138. The Morgan fingerprint density at radius 2 is 2.05 bits per heavy atom. The molecule has 1 aliphatic carbocycles. The standard InChI is InChI=1S/C15H28N2O2/c1-14(2,3)19-13(18)17-11-5-4-6-12(17)15(7-8-15)9-10-16/h12H,4-11,16H2,1-3H3. The van der Waals surface area contributed by atoms with Crippen LogP contribution in [0.1, 0.15) is 59.3 Å². The van der Waals surface area contributed by atoms with Crippen LogP contribution >= 0.6 is 0 Å². The van der Waals surface area contributed by atoms with Gasteiger partial charge in [-0.05, 0) is 71.3 Å². The van der Waals surface area contributed by atoms with Crippen LogP contribution in [0.5, 0.6) is 0 Å². The molecule has 2 N–H and O–H groups in total. The first-order valence-electron chi connectivity index (χ1n) is 7.58. The maximum Gasteiger partial charge on any atom is 0.410 e. The number of piperidine rings is 1. The van der Waals surface area contributed by atoms with Gasteiger partial charge in [0.05, 0.1) is 0 Å². The molecule has 2 aliphatic rings. The quantitative estimate of drug-likeness (QED) is 0.856. The molecular formula is C15H28N2O2. The van der Waals surface area contributed by atoms with Crippen LogP contribution < -0.4 is 5.73 Å². The van der Waals surface area contributed by atoms with Gasteiger partial charge < -0.3 is 15.4 Å². The van der Waals surface area contributed by atoms with Crippen molar-refractivity contribution < 1.29 is 9.53 Å². The number of rotatable bonds is 3. The molecule has 1 amide bonds. The van der Waals surface area contributed by atoms with Gasteiger partial charge in [0.2, 0.25) is 0 Å². The van der Waals surface area contributed by atoms with Crippen LogP contribution in [0, 0.1) is 5.41 Å². The highest BCUT2D eigenvalue weighted by molar-refractivity contribution is 5.69. The summed E-state index contributed by atoms with van der Waals surface area (Å²) in [6, 6.07) is 0.347. The number of nitrogens with zero attached hydrogens (tertiary/aromatic N) is 1. The summed E-state index contributed by atoms with van der Waals surface area (Å²) in [6.45, 7) is 7.34. The van der Waals surface area contributed by atoms with Gasteiger partial charge in [-0.3, -0.25) is 0 Å². The molecule has 1 atom stereocenters. The second kappa shape index (κ2) is 5.31. The van der Waals surface area contributed by atoms with Gasteiger partial charge in [0.25, 0.3) is 0 Å². The molecule has 0 radical (unpaired) electrons. The number of hydrogen-bond acceptors (Lipinski definition) is 3. The van der Waals surface area contributed by atoms with E-state index in [1.165, 1.54) is 19.3 Å². The third-order valence-corrected chi connectivity index (χ3v) is 4.37. The van der Waals surface area contributed by atoms with Gasteiger partial charge in [-0.1, -0.05) is 0 Å². The van der Waals surface area contributed by atoms with Crippen molar-refractivity contribution in [3.8, 4) is 0 Å². The Labute approximate surface area is 116 Å². The first-order valence-corrected chi connectivity index (χ1v) is 7.58. The smallest absolute Gasteiger partial charge is 0.410 e. The Morgan fingerprint density at radius 3 is 2.58 bits per heavy atom. The van der Waals surface area contributed by atoms with E-state index in [9.17, 15) is 4.79 Å². The van der Waals surface area contributed by atoms with Gasteiger partial charge in [0, 0.05) is 12.6 Å². The van der Waals surface area contributed by atoms with E-state index < -0.39 is 5.60 Å². The monoisotopic (exact) mass is 268 g/mol. The number of nitrogens with two attached hydrogens (primary N) is 1. The van der Waals surface area contributed by atoms with Gasteiger partial charge in [0.15, 0.2) is 0 Å². The Balaban J connectivity index is 2.06. The fourth-order valence-electron chi connectivity index (χ4n) is 3.31. The van der Waals surface area contributed by atoms with Gasteiger partial charge in [-0.15, -0.1) is 0 Å². The fourth-order valence-corrected chi connectivity index (χ4v) is 3.31. The van der Waals surface area contributed by atoms with Crippen molar-refractivity contribution >= 4 is 6.09 Å². The minimum atomic E-state index is -0.413. The molecule has 1 aliphatic heterocycles. The minimum Gasteiger partial charge on any atom is -0.444 e. The third-order valence-electron chi connectivity index (χ3n) is 4.37. The maximum absolute atomic E-state index is 12.4. The molecule has 1 saturated heterocycles. The molecule has 110 valence electrons. The molecule has 0 aromatic rings. The van der Waals surface area contributed by atoms with Crippen LogP contribution in [0.2, 0.25) is 0 Å². The Bertz CT molecular complexity index is 332. The molecule has 0 bridgehead atoms. The molecule has 2 rings (SSSR count).